The zero-order valence-electron chi connectivity index (χ0n) is 5.86. The van der Waals surface area contributed by atoms with Crippen LogP contribution in [0.15, 0.2) is 30.3 Å². The SMILES string of the molecule is [CH-]=Cc1ccccc1.[O]=[Ti]=[O]. The Kier molecular flexibility index (Phi) is 6.90. The topological polar surface area (TPSA) is 34.1 Å². The van der Waals surface area contributed by atoms with Gasteiger partial charge in [0.1, 0.15) is 0 Å². The molecule has 0 spiro atoms. The summed E-state index contributed by atoms with van der Waals surface area (Å²) in [6.07, 6.45) is 1.58. The zero-order valence-corrected chi connectivity index (χ0v) is 7.42. The molecule has 11 heavy (non-hydrogen) atoms. The summed E-state index contributed by atoms with van der Waals surface area (Å²) in [5.74, 6) is 0. The van der Waals surface area contributed by atoms with E-state index in [2.05, 4.69) is 0 Å². The molecule has 0 aliphatic heterocycles. The van der Waals surface area contributed by atoms with Crippen LogP contribution in [0.3, 0.4) is 0 Å². The van der Waals surface area contributed by atoms with Crippen molar-refractivity contribution in [3.8, 4) is 0 Å². The van der Waals surface area contributed by atoms with E-state index in [1.165, 1.54) is 0 Å². The number of rotatable bonds is 1. The first kappa shape index (κ1) is 10.3. The van der Waals surface area contributed by atoms with E-state index in [1.54, 1.807) is 6.08 Å². The van der Waals surface area contributed by atoms with Crippen molar-refractivity contribution in [3.05, 3.63) is 42.5 Å². The van der Waals surface area contributed by atoms with Crippen LogP contribution in [0.25, 0.3) is 6.08 Å². The van der Waals surface area contributed by atoms with Crippen molar-refractivity contribution in [1.82, 2.24) is 0 Å². The Morgan fingerprint density at radius 1 is 1.18 bits per heavy atom. The first-order valence-electron chi connectivity index (χ1n) is 2.94. The second-order valence-electron chi connectivity index (χ2n) is 1.66. The molecule has 0 aliphatic carbocycles. The quantitative estimate of drug-likeness (QED) is 0.492. The monoisotopic (exact) mass is 183 g/mol. The van der Waals surface area contributed by atoms with Gasteiger partial charge in [-0.2, -0.15) is 5.56 Å². The van der Waals surface area contributed by atoms with Gasteiger partial charge in [-0.05, 0) is 0 Å². The Morgan fingerprint density at radius 2 is 1.64 bits per heavy atom. The van der Waals surface area contributed by atoms with Gasteiger partial charge < -0.3 is 0 Å². The maximum absolute atomic E-state index is 8.50. The molecule has 2 nitrogen and oxygen atoms in total. The molecular formula is C8H7O2Ti-. The van der Waals surface area contributed by atoms with E-state index in [0.717, 1.165) is 5.56 Å². The third-order valence-corrected chi connectivity index (χ3v) is 0.992. The average molecular weight is 183 g/mol. The summed E-state index contributed by atoms with van der Waals surface area (Å²) in [7, 11) is 0. The summed E-state index contributed by atoms with van der Waals surface area (Å²) < 4.78 is 17.0. The summed E-state index contributed by atoms with van der Waals surface area (Å²) >= 11 is -2.00. The molecule has 56 valence electrons. The predicted molar refractivity (Wildman–Crippen MR) is 36.6 cm³/mol. The standard InChI is InChI=1S/C8H7.2O.Ti/c1-2-8-6-4-3-5-7-8;;;/h1-7H;;;/q-1;;;. The van der Waals surface area contributed by atoms with Gasteiger partial charge >= 0.3 is 25.7 Å². The van der Waals surface area contributed by atoms with Crippen molar-refractivity contribution in [1.29, 1.82) is 0 Å². The van der Waals surface area contributed by atoms with Crippen molar-refractivity contribution < 1.29 is 25.7 Å². The molecular weight excluding hydrogens is 176 g/mol. The van der Waals surface area contributed by atoms with E-state index >= 15 is 0 Å². The zero-order chi connectivity index (χ0) is 8.53. The van der Waals surface area contributed by atoms with Gasteiger partial charge in [0.2, 0.25) is 0 Å². The Hall–Kier alpha value is -0.726. The van der Waals surface area contributed by atoms with E-state index in [-0.39, 0.29) is 0 Å². The third kappa shape index (κ3) is 5.71. The molecule has 0 fully saturated rings. The molecule has 0 heterocycles. The van der Waals surface area contributed by atoms with Gasteiger partial charge in [0.15, 0.2) is 0 Å². The van der Waals surface area contributed by atoms with E-state index in [9.17, 15) is 0 Å². The summed E-state index contributed by atoms with van der Waals surface area (Å²) in [6, 6.07) is 9.80. The van der Waals surface area contributed by atoms with Crippen LogP contribution in [0.1, 0.15) is 5.56 Å². The Morgan fingerprint density at radius 3 is 1.91 bits per heavy atom. The molecule has 0 unspecified atom stereocenters. The fourth-order valence-electron chi connectivity index (χ4n) is 0.564. The predicted octanol–water partition coefficient (Wildman–Crippen LogP) is 1.89. The normalized spacial score (nSPS) is 6.91. The van der Waals surface area contributed by atoms with Crippen LogP contribution in [0.4, 0.5) is 0 Å². The fourth-order valence-corrected chi connectivity index (χ4v) is 0.564. The van der Waals surface area contributed by atoms with Gasteiger partial charge in [-0.1, -0.05) is 18.2 Å². The first-order valence-corrected chi connectivity index (χ1v) is 4.22. The minimum absolute atomic E-state index is 1.06. The van der Waals surface area contributed by atoms with Crippen LogP contribution < -0.4 is 0 Å². The Balaban J connectivity index is 0.000000292. The summed E-state index contributed by atoms with van der Waals surface area (Å²) in [5, 5.41) is 0. The maximum atomic E-state index is 8.50. The van der Waals surface area contributed by atoms with E-state index in [4.69, 9.17) is 13.2 Å². The first-order chi connectivity index (χ1) is 5.35. The second kappa shape index (κ2) is 7.38. The molecule has 0 aliphatic rings. The van der Waals surface area contributed by atoms with Crippen molar-refractivity contribution in [3.63, 3.8) is 0 Å². The van der Waals surface area contributed by atoms with Crippen LogP contribution in [-0.2, 0) is 25.7 Å². The molecule has 1 aromatic rings. The van der Waals surface area contributed by atoms with Crippen LogP contribution in [-0.4, -0.2) is 0 Å². The third-order valence-electron chi connectivity index (χ3n) is 0.992. The number of hydrogen-bond donors (Lipinski definition) is 0. The number of hydrogen-bond acceptors (Lipinski definition) is 2. The number of benzene rings is 1. The van der Waals surface area contributed by atoms with Crippen LogP contribution in [0.2, 0.25) is 0 Å². The second-order valence-corrected chi connectivity index (χ2v) is 1.92. The summed E-state index contributed by atoms with van der Waals surface area (Å²) in [4.78, 5) is 0. The fraction of sp³-hybridized carbons (Fsp3) is 0. The summed E-state index contributed by atoms with van der Waals surface area (Å²) in [5.41, 5.74) is 1.06. The van der Waals surface area contributed by atoms with Crippen molar-refractivity contribution in [2.45, 2.75) is 0 Å². The van der Waals surface area contributed by atoms with Gasteiger partial charge in [0.25, 0.3) is 0 Å². The van der Waals surface area contributed by atoms with Gasteiger partial charge in [-0.15, -0.1) is 12.1 Å². The van der Waals surface area contributed by atoms with E-state index < -0.39 is 19.1 Å². The minimum atomic E-state index is -2.00. The van der Waals surface area contributed by atoms with Gasteiger partial charge in [0.05, 0.1) is 0 Å². The molecule has 3 heteroatoms. The van der Waals surface area contributed by atoms with Gasteiger partial charge in [-0.3, -0.25) is 6.58 Å². The van der Waals surface area contributed by atoms with Crippen molar-refractivity contribution in [2.24, 2.45) is 0 Å². The molecule has 0 N–H and O–H groups in total. The Labute approximate surface area is 74.5 Å². The van der Waals surface area contributed by atoms with Gasteiger partial charge in [0, 0.05) is 0 Å². The molecule has 0 aromatic heterocycles. The van der Waals surface area contributed by atoms with Gasteiger partial charge in [-0.25, -0.2) is 6.08 Å². The molecule has 0 radical (unpaired) electrons. The molecule has 0 saturated heterocycles. The molecule has 0 amide bonds. The molecule has 1 aromatic carbocycles. The van der Waals surface area contributed by atoms with E-state index in [1.807, 2.05) is 30.3 Å². The Bertz CT molecular complexity index is 238. The summed E-state index contributed by atoms with van der Waals surface area (Å²) in [6.45, 7) is 5.22. The van der Waals surface area contributed by atoms with Crippen molar-refractivity contribution in [2.75, 3.05) is 0 Å². The average Bonchev–Trinajstić information content (AvgIpc) is 2.08. The molecule has 0 bridgehead atoms. The van der Waals surface area contributed by atoms with Crippen LogP contribution >= 0.6 is 0 Å². The van der Waals surface area contributed by atoms with Crippen LogP contribution in [0, 0.1) is 6.58 Å². The van der Waals surface area contributed by atoms with Crippen molar-refractivity contribution >= 4 is 6.08 Å². The van der Waals surface area contributed by atoms with Crippen LogP contribution in [0.5, 0.6) is 0 Å². The molecule has 0 atom stereocenters. The molecule has 0 saturated carbocycles. The van der Waals surface area contributed by atoms with E-state index in [0.29, 0.717) is 0 Å². The molecule has 1 rings (SSSR count).